The normalized spacial score (nSPS) is 22.1. The van der Waals surface area contributed by atoms with Crippen LogP contribution in [0.4, 0.5) is 15.3 Å². The number of sulfonamides is 1. The Kier molecular flexibility index (Phi) is 6.35. The summed E-state index contributed by atoms with van der Waals surface area (Å²) in [6, 6.07) is 4.12. The van der Waals surface area contributed by atoms with Crippen LogP contribution in [0.3, 0.4) is 0 Å². The summed E-state index contributed by atoms with van der Waals surface area (Å²) in [5, 5.41) is 2.94. The number of halogens is 1. The van der Waals surface area contributed by atoms with Crippen molar-refractivity contribution >= 4 is 39.4 Å². The molecule has 1 saturated carbocycles. The highest BCUT2D eigenvalue weighted by Gasteiger charge is 2.39. The number of likely N-dealkylation sites (tertiary alicyclic amines) is 1. The van der Waals surface area contributed by atoms with Gasteiger partial charge in [-0.25, -0.2) is 22.3 Å². The first-order valence-electron chi connectivity index (χ1n) is 10.9. The number of amides is 4. The van der Waals surface area contributed by atoms with Gasteiger partial charge >= 0.3 is 12.1 Å². The summed E-state index contributed by atoms with van der Waals surface area (Å²) in [6.45, 7) is 1.23. The minimum atomic E-state index is -3.96. The number of hydrogen-bond acceptors (Lipinski definition) is 4. The number of hydrogen-bond donors (Lipinski definition) is 1. The molecule has 0 aromatic heterocycles. The number of urea groups is 2. The smallest absolute Gasteiger partial charge is 0.325 e. The van der Waals surface area contributed by atoms with Gasteiger partial charge in [0.05, 0.1) is 5.69 Å². The Labute approximate surface area is 188 Å². The van der Waals surface area contributed by atoms with E-state index in [1.165, 1.54) is 31.4 Å². The molecule has 170 valence electrons. The van der Waals surface area contributed by atoms with E-state index < -0.39 is 16.1 Å². The molecule has 10 heteroatoms. The van der Waals surface area contributed by atoms with E-state index >= 15 is 0 Å². The van der Waals surface area contributed by atoms with Crippen LogP contribution in [-0.2, 0) is 10.0 Å². The van der Waals surface area contributed by atoms with Crippen molar-refractivity contribution in [2.24, 2.45) is 5.92 Å². The van der Waals surface area contributed by atoms with Crippen molar-refractivity contribution in [1.82, 2.24) is 14.1 Å². The van der Waals surface area contributed by atoms with Gasteiger partial charge in [0.1, 0.15) is 4.90 Å². The lowest BCUT2D eigenvalue weighted by Gasteiger charge is -2.39. The van der Waals surface area contributed by atoms with Crippen LogP contribution in [0.1, 0.15) is 44.9 Å². The van der Waals surface area contributed by atoms with Crippen LogP contribution in [0.15, 0.2) is 23.1 Å². The highest BCUT2D eigenvalue weighted by molar-refractivity contribution is 7.90. The first-order chi connectivity index (χ1) is 14.8. The lowest BCUT2D eigenvalue weighted by Crippen LogP contribution is -2.51. The first kappa shape index (κ1) is 22.2. The third-order valence-corrected chi connectivity index (χ3v) is 8.74. The molecule has 0 spiro atoms. The van der Waals surface area contributed by atoms with E-state index in [1.807, 2.05) is 16.8 Å². The summed E-state index contributed by atoms with van der Waals surface area (Å²) >= 11 is 5.97. The molecule has 2 aliphatic heterocycles. The molecule has 2 heterocycles. The van der Waals surface area contributed by atoms with Crippen molar-refractivity contribution < 1.29 is 18.0 Å². The Morgan fingerprint density at radius 2 is 1.84 bits per heavy atom. The fraction of sp³-hybridized carbons (Fsp3) is 0.619. The molecule has 0 bridgehead atoms. The minimum Gasteiger partial charge on any atom is -0.325 e. The Hall–Kier alpha value is -2.00. The third-order valence-electron chi connectivity index (χ3n) is 6.71. The number of benzene rings is 1. The van der Waals surface area contributed by atoms with Crippen molar-refractivity contribution in [3.05, 3.63) is 23.2 Å². The number of fused-ring (bicyclic) bond motifs is 1. The van der Waals surface area contributed by atoms with E-state index in [9.17, 15) is 18.0 Å². The van der Waals surface area contributed by atoms with Crippen molar-refractivity contribution in [3.8, 4) is 0 Å². The molecule has 4 amide bonds. The van der Waals surface area contributed by atoms with Gasteiger partial charge in [-0.1, -0.05) is 30.9 Å². The molecule has 3 aliphatic rings. The highest BCUT2D eigenvalue weighted by atomic mass is 35.5. The van der Waals surface area contributed by atoms with Gasteiger partial charge in [0.2, 0.25) is 0 Å². The van der Waals surface area contributed by atoms with Gasteiger partial charge in [0, 0.05) is 37.7 Å². The van der Waals surface area contributed by atoms with E-state index in [0.29, 0.717) is 37.0 Å². The monoisotopic (exact) mass is 468 g/mol. The molecule has 0 radical (unpaired) electrons. The van der Waals surface area contributed by atoms with Crippen LogP contribution in [0, 0.1) is 5.92 Å². The van der Waals surface area contributed by atoms with E-state index in [1.54, 1.807) is 6.07 Å². The van der Waals surface area contributed by atoms with Crippen LogP contribution < -0.4 is 5.32 Å². The van der Waals surface area contributed by atoms with Crippen molar-refractivity contribution in [3.63, 3.8) is 0 Å². The molecule has 1 aromatic carbocycles. The van der Waals surface area contributed by atoms with E-state index in [4.69, 9.17) is 11.6 Å². The maximum atomic E-state index is 13.0. The Morgan fingerprint density at radius 3 is 2.52 bits per heavy atom. The fourth-order valence-corrected chi connectivity index (χ4v) is 6.61. The molecule has 1 saturated heterocycles. The van der Waals surface area contributed by atoms with Gasteiger partial charge in [-0.3, -0.25) is 0 Å². The summed E-state index contributed by atoms with van der Waals surface area (Å²) in [5.74, 6) is 0.00490. The maximum Gasteiger partial charge on any atom is 0.335 e. The SMILES string of the molecule is CN(C(=O)N1CCC(CN2C(=O)Nc3ccc(Cl)cc3S2(=O)=O)CC1)C1CCCCC1. The third kappa shape index (κ3) is 4.48. The predicted molar refractivity (Wildman–Crippen MR) is 119 cm³/mol. The van der Waals surface area contributed by atoms with Crippen LogP contribution in [0.25, 0.3) is 0 Å². The van der Waals surface area contributed by atoms with Crippen molar-refractivity contribution in [2.45, 2.75) is 55.9 Å². The number of carbonyl (C=O) groups is 2. The Morgan fingerprint density at radius 1 is 1.16 bits per heavy atom. The van der Waals surface area contributed by atoms with E-state index in [0.717, 1.165) is 17.1 Å². The lowest BCUT2D eigenvalue weighted by molar-refractivity contribution is 0.115. The average Bonchev–Trinajstić information content (AvgIpc) is 2.77. The number of carbonyl (C=O) groups excluding carboxylic acids is 2. The number of rotatable bonds is 3. The molecule has 4 rings (SSSR count). The van der Waals surface area contributed by atoms with Crippen LogP contribution in [0.5, 0.6) is 0 Å². The zero-order valence-corrected chi connectivity index (χ0v) is 19.3. The van der Waals surface area contributed by atoms with Crippen LogP contribution >= 0.6 is 11.6 Å². The molecule has 31 heavy (non-hydrogen) atoms. The second-order valence-electron chi connectivity index (χ2n) is 8.72. The van der Waals surface area contributed by atoms with Gasteiger partial charge in [-0.2, -0.15) is 0 Å². The minimum absolute atomic E-state index is 0.00490. The number of nitrogens with one attached hydrogen (secondary N) is 1. The Bertz CT molecular complexity index is 956. The molecule has 0 unspecified atom stereocenters. The standard InChI is InChI=1S/C21H29ClN4O4S/c1-24(17-5-3-2-4-6-17)21(28)25-11-9-15(10-12-25)14-26-20(27)23-18-8-7-16(22)13-19(18)31(26,29)30/h7-8,13,15,17H,2-6,9-12,14H2,1H3,(H,23,27). The molecule has 1 aliphatic carbocycles. The summed E-state index contributed by atoms with van der Waals surface area (Å²) in [6.07, 6.45) is 7.03. The maximum absolute atomic E-state index is 13.0. The number of anilines is 1. The van der Waals surface area contributed by atoms with Crippen LogP contribution in [0.2, 0.25) is 5.02 Å². The largest absolute Gasteiger partial charge is 0.335 e. The summed E-state index contributed by atoms with van der Waals surface area (Å²) in [5.41, 5.74) is 0.247. The molecule has 0 atom stereocenters. The summed E-state index contributed by atoms with van der Waals surface area (Å²) in [7, 11) is -2.08. The molecule has 1 N–H and O–H groups in total. The Balaban J connectivity index is 1.37. The molecule has 8 nitrogen and oxygen atoms in total. The topological polar surface area (TPSA) is 90.0 Å². The zero-order valence-electron chi connectivity index (χ0n) is 17.7. The van der Waals surface area contributed by atoms with Gasteiger partial charge in [0.25, 0.3) is 10.0 Å². The molecule has 2 fully saturated rings. The molecular weight excluding hydrogens is 440 g/mol. The van der Waals surface area contributed by atoms with Gasteiger partial charge in [0.15, 0.2) is 0 Å². The lowest BCUT2D eigenvalue weighted by atomic mass is 9.94. The van der Waals surface area contributed by atoms with E-state index in [-0.39, 0.29) is 29.1 Å². The predicted octanol–water partition coefficient (Wildman–Crippen LogP) is 3.97. The summed E-state index contributed by atoms with van der Waals surface area (Å²) in [4.78, 5) is 29.1. The quantitative estimate of drug-likeness (QED) is 0.726. The van der Waals surface area contributed by atoms with Crippen molar-refractivity contribution in [2.75, 3.05) is 32.0 Å². The first-order valence-corrected chi connectivity index (χ1v) is 12.7. The average molecular weight is 469 g/mol. The van der Waals surface area contributed by atoms with Gasteiger partial charge < -0.3 is 15.1 Å². The summed E-state index contributed by atoms with van der Waals surface area (Å²) < 4.78 is 26.9. The van der Waals surface area contributed by atoms with Gasteiger partial charge in [-0.15, -0.1) is 0 Å². The second kappa shape index (κ2) is 8.86. The zero-order chi connectivity index (χ0) is 22.2. The van der Waals surface area contributed by atoms with E-state index in [2.05, 4.69) is 5.32 Å². The van der Waals surface area contributed by atoms with Gasteiger partial charge in [-0.05, 0) is 49.8 Å². The number of nitrogens with zero attached hydrogens (tertiary/aromatic N) is 3. The molecular formula is C21H29ClN4O4S. The highest BCUT2D eigenvalue weighted by Crippen LogP contribution is 2.34. The number of piperidine rings is 1. The second-order valence-corrected chi connectivity index (χ2v) is 11.0. The van der Waals surface area contributed by atoms with Crippen molar-refractivity contribution in [1.29, 1.82) is 0 Å². The van der Waals surface area contributed by atoms with Crippen LogP contribution in [-0.4, -0.2) is 67.3 Å². The molecule has 1 aromatic rings. The fourth-order valence-electron chi connectivity index (χ4n) is 4.79.